The maximum absolute atomic E-state index is 11.7. The molecule has 0 heterocycles. The van der Waals surface area contributed by atoms with Crippen LogP contribution in [0.25, 0.3) is 0 Å². The lowest BCUT2D eigenvalue weighted by Gasteiger charge is -2.21. The second-order valence-corrected chi connectivity index (χ2v) is 4.94. The molecule has 14 heavy (non-hydrogen) atoms. The van der Waals surface area contributed by atoms with Gasteiger partial charge in [0.2, 0.25) is 0 Å². The molecule has 1 N–H and O–H groups in total. The molecule has 0 saturated heterocycles. The Morgan fingerprint density at radius 2 is 1.86 bits per heavy atom. The summed E-state index contributed by atoms with van der Waals surface area (Å²) in [5, 5.41) is 8.48. The Balaban J connectivity index is 3.82. The lowest BCUT2D eigenvalue weighted by molar-refractivity contribution is -0.139. The third kappa shape index (κ3) is 8.22. The molecular formula is C8H13F3O2S. The SMILES string of the molecule is CC(C)(CCSC(F)(F)F)CC(=O)O. The molecule has 84 valence electrons. The van der Waals surface area contributed by atoms with E-state index in [1.807, 2.05) is 0 Å². The van der Waals surface area contributed by atoms with Crippen LogP contribution in [-0.2, 0) is 4.79 Å². The van der Waals surface area contributed by atoms with Gasteiger partial charge in [-0.15, -0.1) is 0 Å². The normalized spacial score (nSPS) is 12.9. The van der Waals surface area contributed by atoms with Gasteiger partial charge < -0.3 is 5.11 Å². The fourth-order valence-electron chi connectivity index (χ4n) is 0.941. The Kier molecular flexibility index (Phi) is 4.77. The monoisotopic (exact) mass is 230 g/mol. The van der Waals surface area contributed by atoms with Crippen LogP contribution in [0.15, 0.2) is 0 Å². The van der Waals surface area contributed by atoms with Gasteiger partial charge >= 0.3 is 11.5 Å². The summed E-state index contributed by atoms with van der Waals surface area (Å²) in [5.41, 5.74) is -4.80. The number of carboxylic acids is 1. The van der Waals surface area contributed by atoms with E-state index < -0.39 is 16.9 Å². The van der Waals surface area contributed by atoms with Crippen molar-refractivity contribution in [2.45, 2.75) is 32.2 Å². The Bertz CT molecular complexity index is 201. The van der Waals surface area contributed by atoms with E-state index in [9.17, 15) is 18.0 Å². The Morgan fingerprint density at radius 3 is 2.21 bits per heavy atom. The van der Waals surface area contributed by atoms with Crippen molar-refractivity contribution in [2.75, 3.05) is 5.75 Å². The third-order valence-corrected chi connectivity index (χ3v) is 2.41. The summed E-state index contributed by atoms with van der Waals surface area (Å²) in [6.07, 6.45) is 0.134. The quantitative estimate of drug-likeness (QED) is 0.788. The molecular weight excluding hydrogens is 217 g/mol. The number of hydrogen-bond donors (Lipinski definition) is 1. The fraction of sp³-hybridized carbons (Fsp3) is 0.875. The first-order valence-electron chi connectivity index (χ1n) is 4.05. The van der Waals surface area contributed by atoms with E-state index in [1.165, 1.54) is 0 Å². The highest BCUT2D eigenvalue weighted by Gasteiger charge is 2.30. The van der Waals surface area contributed by atoms with Crippen molar-refractivity contribution in [3.63, 3.8) is 0 Å². The predicted octanol–water partition coefficient (Wildman–Crippen LogP) is 3.13. The summed E-state index contributed by atoms with van der Waals surface area (Å²) in [6.45, 7) is 3.30. The second-order valence-electron chi connectivity index (χ2n) is 3.78. The topological polar surface area (TPSA) is 37.3 Å². The molecule has 0 fully saturated rings. The zero-order valence-electron chi connectivity index (χ0n) is 8.02. The maximum Gasteiger partial charge on any atom is 0.441 e. The minimum atomic E-state index is -4.22. The number of thioether (sulfide) groups is 1. The van der Waals surface area contributed by atoms with Crippen molar-refractivity contribution in [1.29, 1.82) is 0 Å². The van der Waals surface area contributed by atoms with Crippen molar-refractivity contribution in [3.8, 4) is 0 Å². The molecule has 0 saturated carbocycles. The largest absolute Gasteiger partial charge is 0.481 e. The molecule has 0 aliphatic carbocycles. The van der Waals surface area contributed by atoms with Gasteiger partial charge in [0.15, 0.2) is 0 Å². The number of carbonyl (C=O) groups is 1. The molecule has 0 spiro atoms. The summed E-state index contributed by atoms with van der Waals surface area (Å²) in [5.74, 6) is -1.07. The van der Waals surface area contributed by atoms with Crippen LogP contribution in [0.3, 0.4) is 0 Å². The lowest BCUT2D eigenvalue weighted by atomic mass is 9.87. The Hall–Kier alpha value is -0.390. The lowest BCUT2D eigenvalue weighted by Crippen LogP contribution is -2.18. The third-order valence-electron chi connectivity index (χ3n) is 1.67. The molecule has 0 unspecified atom stereocenters. The maximum atomic E-state index is 11.7. The highest BCUT2D eigenvalue weighted by atomic mass is 32.2. The average molecular weight is 230 g/mol. The molecule has 0 radical (unpaired) electrons. The predicted molar refractivity (Wildman–Crippen MR) is 49.2 cm³/mol. The molecule has 0 atom stereocenters. The van der Waals surface area contributed by atoms with E-state index >= 15 is 0 Å². The van der Waals surface area contributed by atoms with E-state index in [0.717, 1.165) is 0 Å². The number of halogens is 3. The van der Waals surface area contributed by atoms with Gasteiger partial charge in [-0.2, -0.15) is 13.2 Å². The van der Waals surface area contributed by atoms with Crippen molar-refractivity contribution >= 4 is 17.7 Å². The zero-order chi connectivity index (χ0) is 11.4. The molecule has 2 nitrogen and oxygen atoms in total. The van der Waals surface area contributed by atoms with Crippen molar-refractivity contribution < 1.29 is 23.1 Å². The van der Waals surface area contributed by atoms with Gasteiger partial charge in [0.05, 0.1) is 6.42 Å². The summed E-state index contributed by atoms with van der Waals surface area (Å²) in [7, 11) is 0. The van der Waals surface area contributed by atoms with Crippen LogP contribution in [0.4, 0.5) is 13.2 Å². The molecule has 0 rings (SSSR count). The number of aliphatic carboxylic acids is 1. The van der Waals surface area contributed by atoms with Crippen LogP contribution in [0, 0.1) is 5.41 Å². The summed E-state index contributed by atoms with van der Waals surface area (Å²) in [4.78, 5) is 10.3. The van der Waals surface area contributed by atoms with Crippen LogP contribution in [-0.4, -0.2) is 22.3 Å². The second kappa shape index (κ2) is 4.91. The van der Waals surface area contributed by atoms with Gasteiger partial charge in [-0.3, -0.25) is 4.79 Å². The number of hydrogen-bond acceptors (Lipinski definition) is 2. The highest BCUT2D eigenvalue weighted by molar-refractivity contribution is 8.00. The minimum absolute atomic E-state index is 0.0935. The van der Waals surface area contributed by atoms with Crippen LogP contribution >= 0.6 is 11.8 Å². The first kappa shape index (κ1) is 13.6. The summed E-state index contributed by atoms with van der Waals surface area (Å²) < 4.78 is 35.2. The van der Waals surface area contributed by atoms with E-state index in [2.05, 4.69) is 0 Å². The van der Waals surface area contributed by atoms with Crippen LogP contribution in [0.1, 0.15) is 26.7 Å². The molecule has 0 amide bonds. The van der Waals surface area contributed by atoms with Crippen molar-refractivity contribution in [2.24, 2.45) is 5.41 Å². The van der Waals surface area contributed by atoms with Gasteiger partial charge in [-0.1, -0.05) is 25.6 Å². The number of carboxylic acid groups (broad SMARTS) is 1. The molecule has 6 heteroatoms. The van der Waals surface area contributed by atoms with Crippen LogP contribution in [0.5, 0.6) is 0 Å². The van der Waals surface area contributed by atoms with Crippen LogP contribution < -0.4 is 0 Å². The summed E-state index contributed by atoms with van der Waals surface area (Å²) >= 11 is -0.105. The molecule has 0 aliphatic rings. The van der Waals surface area contributed by atoms with E-state index in [0.29, 0.717) is 0 Å². The Labute approximate surface area is 84.9 Å². The standard InChI is InChI=1S/C8H13F3O2S/c1-7(2,5-6(12)13)3-4-14-8(9,10)11/h3-5H2,1-2H3,(H,12,13). The molecule has 0 bridgehead atoms. The van der Waals surface area contributed by atoms with Gasteiger partial charge in [-0.05, 0) is 11.8 Å². The van der Waals surface area contributed by atoms with Gasteiger partial charge in [0.25, 0.3) is 0 Å². The van der Waals surface area contributed by atoms with Crippen molar-refractivity contribution in [1.82, 2.24) is 0 Å². The van der Waals surface area contributed by atoms with Gasteiger partial charge in [-0.25, -0.2) is 0 Å². The van der Waals surface area contributed by atoms with E-state index in [-0.39, 0.29) is 30.4 Å². The van der Waals surface area contributed by atoms with E-state index in [4.69, 9.17) is 5.11 Å². The number of rotatable bonds is 5. The average Bonchev–Trinajstić information content (AvgIpc) is 1.78. The smallest absolute Gasteiger partial charge is 0.441 e. The molecule has 0 aromatic rings. The van der Waals surface area contributed by atoms with E-state index in [1.54, 1.807) is 13.8 Å². The molecule has 0 aromatic carbocycles. The minimum Gasteiger partial charge on any atom is -0.481 e. The van der Waals surface area contributed by atoms with Crippen LogP contribution in [0.2, 0.25) is 0 Å². The fourth-order valence-corrected chi connectivity index (χ4v) is 1.83. The van der Waals surface area contributed by atoms with Crippen molar-refractivity contribution in [3.05, 3.63) is 0 Å². The first-order chi connectivity index (χ1) is 6.12. The number of alkyl halides is 3. The summed E-state index contributed by atoms with van der Waals surface area (Å²) in [6, 6.07) is 0. The highest BCUT2D eigenvalue weighted by Crippen LogP contribution is 2.34. The molecule has 0 aliphatic heterocycles. The molecule has 0 aromatic heterocycles. The van der Waals surface area contributed by atoms with Gasteiger partial charge in [0, 0.05) is 5.75 Å². The Morgan fingerprint density at radius 1 is 1.36 bits per heavy atom. The first-order valence-corrected chi connectivity index (χ1v) is 5.03. The zero-order valence-corrected chi connectivity index (χ0v) is 8.84. The van der Waals surface area contributed by atoms with Gasteiger partial charge in [0.1, 0.15) is 0 Å².